The highest BCUT2D eigenvalue weighted by Gasteiger charge is 2.12. The second-order valence-corrected chi connectivity index (χ2v) is 7.32. The van der Waals surface area contributed by atoms with E-state index in [1.54, 1.807) is 25.2 Å². The number of rotatable bonds is 7. The molecule has 1 heterocycles. The number of hydrogen-bond donors (Lipinski definition) is 2. The minimum atomic E-state index is -0.362. The van der Waals surface area contributed by atoms with Crippen LogP contribution in [0.1, 0.15) is 36.0 Å². The van der Waals surface area contributed by atoms with Gasteiger partial charge in [0, 0.05) is 38.3 Å². The molecule has 0 aliphatic carbocycles. The van der Waals surface area contributed by atoms with Crippen molar-refractivity contribution in [3.63, 3.8) is 0 Å². The second kappa shape index (κ2) is 10.6. The molecule has 7 heteroatoms. The van der Waals surface area contributed by atoms with Crippen LogP contribution in [0.25, 0.3) is 0 Å². The topological polar surface area (TPSA) is 82.8 Å². The van der Waals surface area contributed by atoms with Gasteiger partial charge in [-0.25, -0.2) is 0 Å². The van der Waals surface area contributed by atoms with Crippen LogP contribution in [-0.4, -0.2) is 35.9 Å². The molecule has 0 saturated carbocycles. The smallest absolute Gasteiger partial charge is 0.274 e. The monoisotopic (exact) mass is 395 g/mol. The zero-order valence-corrected chi connectivity index (χ0v) is 16.9. The lowest BCUT2D eigenvalue weighted by Gasteiger charge is -2.26. The van der Waals surface area contributed by atoms with Crippen molar-refractivity contribution in [2.24, 2.45) is 4.99 Å². The number of likely N-dealkylation sites (tertiary alicyclic amines) is 1. The van der Waals surface area contributed by atoms with Crippen molar-refractivity contribution in [3.8, 4) is 0 Å². The normalized spacial score (nSPS) is 15.1. The number of guanidine groups is 1. The molecule has 2 aromatic carbocycles. The van der Waals surface area contributed by atoms with Crippen LogP contribution in [0.3, 0.4) is 0 Å². The summed E-state index contributed by atoms with van der Waals surface area (Å²) in [5, 5.41) is 17.5. The Balaban J connectivity index is 1.48. The summed E-state index contributed by atoms with van der Waals surface area (Å²) in [5.41, 5.74) is 3.25. The van der Waals surface area contributed by atoms with Gasteiger partial charge >= 0.3 is 0 Å². The Kier molecular flexibility index (Phi) is 7.58. The maximum absolute atomic E-state index is 11.1. The molecular weight excluding hydrogens is 366 g/mol. The van der Waals surface area contributed by atoms with Crippen LogP contribution < -0.4 is 10.6 Å². The summed E-state index contributed by atoms with van der Waals surface area (Å²) in [7, 11) is 1.69. The zero-order chi connectivity index (χ0) is 20.5. The van der Waals surface area contributed by atoms with E-state index in [1.807, 2.05) is 0 Å². The van der Waals surface area contributed by atoms with E-state index >= 15 is 0 Å². The van der Waals surface area contributed by atoms with Crippen molar-refractivity contribution < 1.29 is 4.92 Å². The van der Waals surface area contributed by atoms with Crippen molar-refractivity contribution >= 4 is 11.6 Å². The van der Waals surface area contributed by atoms with Crippen LogP contribution in [-0.2, 0) is 19.6 Å². The Bertz CT molecular complexity index is 829. The van der Waals surface area contributed by atoms with Crippen molar-refractivity contribution in [2.45, 2.75) is 38.9 Å². The second-order valence-electron chi connectivity index (χ2n) is 7.32. The van der Waals surface area contributed by atoms with E-state index < -0.39 is 0 Å². The molecule has 7 nitrogen and oxygen atoms in total. The molecule has 1 aliphatic rings. The van der Waals surface area contributed by atoms with Gasteiger partial charge in [-0.1, -0.05) is 48.9 Å². The molecule has 2 N–H and O–H groups in total. The minimum absolute atomic E-state index is 0.111. The van der Waals surface area contributed by atoms with Gasteiger partial charge in [0.25, 0.3) is 5.69 Å². The molecule has 0 unspecified atom stereocenters. The van der Waals surface area contributed by atoms with Crippen LogP contribution >= 0.6 is 0 Å². The molecule has 1 saturated heterocycles. The third kappa shape index (κ3) is 6.29. The van der Waals surface area contributed by atoms with Gasteiger partial charge in [0.05, 0.1) is 4.92 Å². The summed E-state index contributed by atoms with van der Waals surface area (Å²) in [4.78, 5) is 17.5. The fourth-order valence-corrected chi connectivity index (χ4v) is 3.56. The number of para-hydroxylation sites is 1. The summed E-state index contributed by atoms with van der Waals surface area (Å²) < 4.78 is 0. The quantitative estimate of drug-likeness (QED) is 0.325. The van der Waals surface area contributed by atoms with Crippen LogP contribution in [0.2, 0.25) is 0 Å². The summed E-state index contributed by atoms with van der Waals surface area (Å²) in [6.45, 7) is 4.40. The van der Waals surface area contributed by atoms with E-state index in [-0.39, 0.29) is 10.6 Å². The summed E-state index contributed by atoms with van der Waals surface area (Å²) in [6, 6.07) is 15.4. The average molecular weight is 396 g/mol. The van der Waals surface area contributed by atoms with Crippen LogP contribution in [0, 0.1) is 10.1 Å². The molecule has 0 bridgehead atoms. The molecule has 3 rings (SSSR count). The van der Waals surface area contributed by atoms with Crippen LogP contribution in [0.4, 0.5) is 5.69 Å². The van der Waals surface area contributed by atoms with E-state index in [2.05, 4.69) is 44.8 Å². The van der Waals surface area contributed by atoms with E-state index in [9.17, 15) is 10.1 Å². The standard InChI is InChI=1S/C22H29N5O2/c1-23-22(25-16-20-7-3-4-8-21(20)27(28)29)24-15-18-9-11-19(12-10-18)17-26-13-5-2-6-14-26/h3-4,7-12H,2,5-6,13-17H2,1H3,(H2,23,24,25). The first-order valence-electron chi connectivity index (χ1n) is 10.1. The third-order valence-corrected chi connectivity index (χ3v) is 5.20. The van der Waals surface area contributed by atoms with Gasteiger partial charge in [-0.3, -0.25) is 20.0 Å². The molecule has 0 amide bonds. The maximum atomic E-state index is 11.1. The number of nitrogens with one attached hydrogen (secondary N) is 2. The molecule has 2 aromatic rings. The number of piperidine rings is 1. The van der Waals surface area contributed by atoms with Crippen molar-refractivity contribution in [3.05, 3.63) is 75.3 Å². The van der Waals surface area contributed by atoms with E-state index in [0.717, 1.165) is 6.54 Å². The molecule has 154 valence electrons. The van der Waals surface area contributed by atoms with Gasteiger partial charge < -0.3 is 10.6 Å². The van der Waals surface area contributed by atoms with E-state index in [1.165, 1.54) is 49.5 Å². The lowest BCUT2D eigenvalue weighted by molar-refractivity contribution is -0.385. The zero-order valence-electron chi connectivity index (χ0n) is 16.9. The molecule has 1 fully saturated rings. The molecule has 29 heavy (non-hydrogen) atoms. The molecular formula is C22H29N5O2. The van der Waals surface area contributed by atoms with Gasteiger partial charge in [-0.05, 0) is 37.1 Å². The molecule has 0 aromatic heterocycles. The number of aliphatic imine (C=N–C) groups is 1. The first-order chi connectivity index (χ1) is 14.2. The Morgan fingerprint density at radius 1 is 1.00 bits per heavy atom. The van der Waals surface area contributed by atoms with E-state index in [4.69, 9.17) is 0 Å². The molecule has 0 atom stereocenters. The Morgan fingerprint density at radius 3 is 2.34 bits per heavy atom. The van der Waals surface area contributed by atoms with Crippen molar-refractivity contribution in [1.82, 2.24) is 15.5 Å². The SMILES string of the molecule is CN=C(NCc1ccc(CN2CCCCC2)cc1)NCc1ccccc1[N+](=O)[O-]. The molecule has 1 aliphatic heterocycles. The van der Waals surface area contributed by atoms with Crippen LogP contribution in [0.5, 0.6) is 0 Å². The Hall–Kier alpha value is -2.93. The highest BCUT2D eigenvalue weighted by atomic mass is 16.6. The van der Waals surface area contributed by atoms with Crippen molar-refractivity contribution in [2.75, 3.05) is 20.1 Å². The first kappa shape index (κ1) is 20.8. The van der Waals surface area contributed by atoms with Gasteiger partial charge in [-0.2, -0.15) is 0 Å². The fraction of sp³-hybridized carbons (Fsp3) is 0.409. The predicted octanol–water partition coefficient (Wildman–Crippen LogP) is 3.45. The highest BCUT2D eigenvalue weighted by molar-refractivity contribution is 5.79. The Morgan fingerprint density at radius 2 is 1.66 bits per heavy atom. The third-order valence-electron chi connectivity index (χ3n) is 5.20. The fourth-order valence-electron chi connectivity index (χ4n) is 3.56. The molecule has 0 spiro atoms. The number of nitrogens with zero attached hydrogens (tertiary/aromatic N) is 3. The van der Waals surface area contributed by atoms with E-state index in [0.29, 0.717) is 24.6 Å². The average Bonchev–Trinajstić information content (AvgIpc) is 2.76. The minimum Gasteiger partial charge on any atom is -0.352 e. The number of benzene rings is 2. The highest BCUT2D eigenvalue weighted by Crippen LogP contribution is 2.17. The van der Waals surface area contributed by atoms with Gasteiger partial charge in [-0.15, -0.1) is 0 Å². The van der Waals surface area contributed by atoms with Gasteiger partial charge in [0.15, 0.2) is 5.96 Å². The lowest BCUT2D eigenvalue weighted by Crippen LogP contribution is -2.36. The molecule has 0 radical (unpaired) electrons. The van der Waals surface area contributed by atoms with Gasteiger partial charge in [0.1, 0.15) is 0 Å². The Labute approximate surface area is 172 Å². The van der Waals surface area contributed by atoms with Gasteiger partial charge in [0.2, 0.25) is 0 Å². The summed E-state index contributed by atoms with van der Waals surface area (Å²) >= 11 is 0. The lowest BCUT2D eigenvalue weighted by atomic mass is 10.1. The maximum Gasteiger partial charge on any atom is 0.274 e. The largest absolute Gasteiger partial charge is 0.352 e. The summed E-state index contributed by atoms with van der Waals surface area (Å²) in [5.74, 6) is 0.612. The number of hydrogen-bond acceptors (Lipinski definition) is 4. The predicted molar refractivity (Wildman–Crippen MR) is 116 cm³/mol. The van der Waals surface area contributed by atoms with Crippen molar-refractivity contribution in [1.29, 1.82) is 0 Å². The number of nitro benzene ring substituents is 1. The van der Waals surface area contributed by atoms with Crippen LogP contribution in [0.15, 0.2) is 53.5 Å². The first-order valence-corrected chi connectivity index (χ1v) is 10.1. The summed E-state index contributed by atoms with van der Waals surface area (Å²) in [6.07, 6.45) is 3.97. The number of nitro groups is 1.